The van der Waals surface area contributed by atoms with Crippen LogP contribution in [0.15, 0.2) is 268 Å². The molecule has 3 atom stereocenters. The minimum atomic E-state index is -3.93. The number of ether oxygens (including phenoxy) is 1. The molecule has 3 aliphatic heterocycles. The number of carboxylic acids is 1. The van der Waals surface area contributed by atoms with Crippen molar-refractivity contribution in [3.05, 3.63) is 329 Å². The number of amides is 2. The summed E-state index contributed by atoms with van der Waals surface area (Å²) < 4.78 is 83.7. The number of carboxylic acid groups (broad SMARTS) is 1. The number of esters is 1. The number of nitrogens with zero attached hydrogens (tertiary/aromatic N) is 7. The van der Waals surface area contributed by atoms with E-state index in [0.717, 1.165) is 58.4 Å². The van der Waals surface area contributed by atoms with Gasteiger partial charge in [-0.05, 0) is 169 Å². The van der Waals surface area contributed by atoms with E-state index in [-0.39, 0.29) is 121 Å². The van der Waals surface area contributed by atoms with Gasteiger partial charge in [0.15, 0.2) is 17.5 Å². The molecule has 25 nitrogen and oxygen atoms in total. The first-order valence-electron chi connectivity index (χ1n) is 35.9. The molecule has 0 radical (unpaired) electrons. The number of rotatable bonds is 21. The number of aliphatic carboxylic acids is 1. The molecule has 7 heterocycles. The zero-order valence-electron chi connectivity index (χ0n) is 64.2. The number of hydrogen-bond donors (Lipinski definition) is 4. The average molecular weight is 2710 g/mol. The molecule has 0 aliphatic carbocycles. The van der Waals surface area contributed by atoms with Crippen molar-refractivity contribution in [1.82, 2.24) is 24.8 Å². The van der Waals surface area contributed by atoms with Crippen molar-refractivity contribution < 1.29 is 81.6 Å². The van der Waals surface area contributed by atoms with E-state index < -0.39 is 32.0 Å². The Labute approximate surface area is 794 Å². The molecule has 0 bridgehead atoms. The van der Waals surface area contributed by atoms with Gasteiger partial charge in [0.25, 0.3) is 31.9 Å². The molecule has 0 fully saturated rings. The molecule has 15 rings (SSSR count). The number of aromatic nitrogens is 4. The van der Waals surface area contributed by atoms with Crippen LogP contribution in [-0.2, 0) is 52.0 Å². The number of halogens is 9. The standard InChI is InChI=1S/C21H18IN3O4S.C20H16N2O3.C12H14N2O.C11H11NO.C10H9IN2O4S.C9H10O2.3CH4.I7/c1-13-3-2-4-14(11-13)16(21-23-9-10-29-21)6-8-18(26)20-24-17-7-5-15(22)12-19(17)30(27,28)25-20;1-13-5-4-6-14(11-13)17(18-21-9-10-25-18)12-22-19(23)15-7-2-3-8-16(15)20(22)24;1-9-3-2-4-10(7-9)11(8-13)12-14-5-6-15-12;1-9-3-2-4-10(7-9)8-11-12-5-6-13-11;1-2-17-10(14)9-12-7-4-3-6(11)5-8(7)18(15,16)13-9;1-7-3-2-4-8(5-7)6-9(10)11;;;;1-5-7(4)6(2)3/h2-5,7,9-12,16H,6,8H2,1H3,(H,24,25);2-11,17H,12H2,1H3;2-7,11H,8,13H2,1H3;2-7H,8H2,1H3;3-5H,2H2,1H3,(H,12,13);2-5H,6H2,1H3,(H,10,11);3*1H4;/q;;;;;;;;;-1. The van der Waals surface area contributed by atoms with Crippen LogP contribution in [0, 0.1) is 41.8 Å². The molecular weight excluding hydrogens is 2620 g/mol. The molecule has 2 amide bonds. The first kappa shape index (κ1) is 105. The maximum absolute atomic E-state index is 12.8. The molecular formula is C86H90I9N10O15S2-. The van der Waals surface area contributed by atoms with Crippen LogP contribution in [0.3, 0.4) is 0 Å². The predicted molar refractivity (Wildman–Crippen MR) is 542 cm³/mol. The van der Waals surface area contributed by atoms with E-state index in [4.69, 9.17) is 33.2 Å². The summed E-state index contributed by atoms with van der Waals surface area (Å²) in [6.45, 7) is 12.6. The number of benzene rings is 8. The molecule has 36 heteroatoms. The fourth-order valence-corrected chi connectivity index (χ4v) is 225. The Balaban J connectivity index is 0.000000228. The SMILES string of the molecule is C.C.C.CCOC(=O)C1=NS(=O)(=O)c2cc(I)ccc2N1.Cc1cccc(C(CCC(=O)C2=NS(=O)(=O)c3cc(I)ccc3N2)c2ncco2)c1.Cc1cccc(C(CN)c2ncco2)c1.Cc1cccc(C(CN2C(=O)c3ccccc3C2=O)c2ncco2)c1.Cc1cccc(CC(=O)O)c1.Cc1cccc(Cc2ncco2)c1.I[I-]I(I)I(I)I. The van der Waals surface area contributed by atoms with Crippen molar-refractivity contribution in [3.63, 3.8) is 0 Å². The van der Waals surface area contributed by atoms with Gasteiger partial charge in [-0.3, -0.25) is 24.1 Å². The second-order valence-corrected chi connectivity index (χ2v) is 145. The Morgan fingerprint density at radius 1 is 0.541 bits per heavy atom. The number of imide groups is 1. The van der Waals surface area contributed by atoms with Gasteiger partial charge in [0.2, 0.25) is 23.5 Å². The summed E-state index contributed by atoms with van der Waals surface area (Å²) in [5.74, 6) is -1.00. The number of fused-ring (bicyclic) bond motifs is 3. The summed E-state index contributed by atoms with van der Waals surface area (Å²) in [7, 11) is -8.28. The van der Waals surface area contributed by atoms with Crippen LogP contribution in [0.4, 0.5) is 11.4 Å². The van der Waals surface area contributed by atoms with Crippen molar-refractivity contribution in [3.8, 4) is 0 Å². The van der Waals surface area contributed by atoms with Gasteiger partial charge in [-0.15, -0.1) is 8.80 Å². The van der Waals surface area contributed by atoms with Crippen molar-refractivity contribution in [2.24, 2.45) is 14.5 Å². The molecule has 0 spiro atoms. The normalized spacial score (nSPS) is 13.6. The van der Waals surface area contributed by atoms with Crippen LogP contribution in [0.2, 0.25) is 0 Å². The molecule has 3 unspecified atom stereocenters. The zero-order chi connectivity index (χ0) is 85.9. The average Bonchev–Trinajstić information content (AvgIpc) is 1.25. The molecule has 122 heavy (non-hydrogen) atoms. The summed E-state index contributed by atoms with van der Waals surface area (Å²) in [6.07, 6.45) is 14.0. The van der Waals surface area contributed by atoms with Crippen LogP contribution in [0.25, 0.3) is 0 Å². The Morgan fingerprint density at radius 3 is 1.38 bits per heavy atom. The fourth-order valence-electron chi connectivity index (χ4n) is 12.0. The topological polar surface area (TPSA) is 365 Å². The summed E-state index contributed by atoms with van der Waals surface area (Å²) >= 11 is 15.5. The van der Waals surface area contributed by atoms with Crippen LogP contribution >= 0.6 is 135 Å². The number of nitrogens with one attached hydrogen (secondary N) is 2. The maximum atomic E-state index is 12.8. The summed E-state index contributed by atoms with van der Waals surface area (Å²) in [5.41, 5.74) is 18.3. The van der Waals surface area contributed by atoms with Gasteiger partial charge >= 0.3 is 115 Å². The molecule has 0 saturated heterocycles. The van der Waals surface area contributed by atoms with E-state index in [1.54, 1.807) is 92.8 Å². The first-order chi connectivity index (χ1) is 56.9. The summed E-state index contributed by atoms with van der Waals surface area (Å²) in [4.78, 5) is 78.0. The zero-order valence-corrected chi connectivity index (χ0v) is 85.3. The van der Waals surface area contributed by atoms with E-state index in [1.807, 2.05) is 151 Å². The van der Waals surface area contributed by atoms with Gasteiger partial charge in [-0.1, -0.05) is 184 Å². The van der Waals surface area contributed by atoms with Gasteiger partial charge in [0.05, 0.1) is 78.1 Å². The van der Waals surface area contributed by atoms with E-state index in [0.29, 0.717) is 66.4 Å². The number of carbonyl (C=O) groups is 5. The molecule has 4 aromatic heterocycles. The van der Waals surface area contributed by atoms with Gasteiger partial charge in [-0.25, -0.2) is 24.7 Å². The Morgan fingerprint density at radius 2 is 0.959 bits per heavy atom. The van der Waals surface area contributed by atoms with Crippen LogP contribution in [0.5, 0.6) is 0 Å². The first-order valence-corrected chi connectivity index (χ1v) is 78.6. The Bertz CT molecular complexity index is 5720. The molecule has 5 N–H and O–H groups in total. The minimum absolute atomic E-state index is 0. The number of Topliss-reactive ketones (excluding diaryl/α,β-unsaturated/α-hetero) is 1. The van der Waals surface area contributed by atoms with Gasteiger partial charge in [-0.2, -0.15) is 16.8 Å². The second kappa shape index (κ2) is 51.5. The molecule has 650 valence electrons. The summed E-state index contributed by atoms with van der Waals surface area (Å²) in [6, 6.07) is 56.6. The van der Waals surface area contributed by atoms with Crippen molar-refractivity contribution in [2.45, 2.75) is 117 Å². The molecule has 3 aliphatic rings. The van der Waals surface area contributed by atoms with Crippen molar-refractivity contribution >= 4 is 208 Å². The number of anilines is 2. The van der Waals surface area contributed by atoms with Crippen molar-refractivity contribution in [2.75, 3.05) is 30.3 Å². The monoisotopic (exact) mass is 2710 g/mol. The Hall–Kier alpha value is -6.28. The Kier molecular flexibility index (Phi) is 44.1. The van der Waals surface area contributed by atoms with E-state index >= 15 is 0 Å². The number of sulfonamides is 2. The number of amidine groups is 2. The molecule has 8 aromatic carbocycles. The third-order valence-corrected chi connectivity index (χ3v) is 269. The number of carbonyl (C=O) groups excluding carboxylic acids is 4. The molecule has 12 aromatic rings. The number of oxazole rings is 4. The predicted octanol–water partition coefficient (Wildman–Crippen LogP) is 19.6. The van der Waals surface area contributed by atoms with Gasteiger partial charge in [0.1, 0.15) is 34.8 Å². The number of aryl methyl sites for hydroxylation is 5. The van der Waals surface area contributed by atoms with Crippen LogP contribution < -0.4 is 29.6 Å². The number of nitrogens with two attached hydrogens (primary N) is 1. The van der Waals surface area contributed by atoms with Crippen LogP contribution in [0.1, 0.15) is 160 Å². The van der Waals surface area contributed by atoms with E-state index in [9.17, 15) is 40.8 Å². The third-order valence-electron chi connectivity index (χ3n) is 17.3. The fraction of sp³-hybridized carbons (Fsp3) is 0.221. The van der Waals surface area contributed by atoms with Gasteiger partial charge < -0.3 is 43.9 Å². The third kappa shape index (κ3) is 31.3. The molecule has 0 saturated carbocycles. The van der Waals surface area contributed by atoms with E-state index in [2.05, 4.69) is 164 Å². The van der Waals surface area contributed by atoms with E-state index in [1.165, 1.54) is 46.2 Å². The van der Waals surface area contributed by atoms with Crippen molar-refractivity contribution in [1.29, 1.82) is 0 Å². The second-order valence-electron chi connectivity index (χ2n) is 26.1. The number of ketones is 1. The quantitative estimate of drug-likeness (QED) is 0.0295. The summed E-state index contributed by atoms with van der Waals surface area (Å²) in [5, 5.41) is 14.0. The number of hydrogen-bond acceptors (Lipinski definition) is 21. The van der Waals surface area contributed by atoms with Gasteiger partial charge in [0, 0.05) is 33.1 Å². The van der Waals surface area contributed by atoms with Crippen LogP contribution in [-0.4, -0.2) is 108 Å².